The van der Waals surface area contributed by atoms with E-state index in [0.29, 0.717) is 5.56 Å². The van der Waals surface area contributed by atoms with Gasteiger partial charge in [0.2, 0.25) is 0 Å². The van der Waals surface area contributed by atoms with Crippen LogP contribution in [0, 0.1) is 29.6 Å². The maximum Gasteiger partial charge on any atom is 0.336 e. The normalized spacial score (nSPS) is 26.7. The summed E-state index contributed by atoms with van der Waals surface area (Å²) in [4.78, 5) is 12.1. The lowest BCUT2D eigenvalue weighted by molar-refractivity contribution is -0.00532. The van der Waals surface area contributed by atoms with Crippen molar-refractivity contribution in [2.75, 3.05) is 6.61 Å². The monoisotopic (exact) mass is 456 g/mol. The standard InChI is InChI=1S/C31H36O3/c1-2-3-4-5-15-34-26-12-9-22(10-13-26)11-14-27-28(30(32)33)7-6-8-29(27)31-19-23-16-24(20-31)18-25(17-23)21-31/h6-10,12-13,23-25H,2-5,15-21H2,1H3,(H,32,33). The van der Waals surface area contributed by atoms with E-state index in [1.54, 1.807) is 6.07 Å². The van der Waals surface area contributed by atoms with Gasteiger partial charge in [-0.25, -0.2) is 4.79 Å². The van der Waals surface area contributed by atoms with E-state index in [9.17, 15) is 9.90 Å². The molecule has 2 aromatic carbocycles. The number of rotatable bonds is 8. The summed E-state index contributed by atoms with van der Waals surface area (Å²) >= 11 is 0. The number of hydrogen-bond donors (Lipinski definition) is 1. The molecule has 4 saturated carbocycles. The maximum absolute atomic E-state index is 12.1. The fraction of sp³-hybridized carbons (Fsp3) is 0.516. The largest absolute Gasteiger partial charge is 0.494 e. The van der Waals surface area contributed by atoms with Gasteiger partial charge in [0.25, 0.3) is 0 Å². The minimum atomic E-state index is -0.886. The first-order valence-corrected chi connectivity index (χ1v) is 13.2. The van der Waals surface area contributed by atoms with Gasteiger partial charge in [-0.3, -0.25) is 0 Å². The maximum atomic E-state index is 12.1. The van der Waals surface area contributed by atoms with E-state index < -0.39 is 5.97 Å². The second-order valence-corrected chi connectivity index (χ2v) is 10.9. The van der Waals surface area contributed by atoms with Crippen molar-refractivity contribution in [3.05, 3.63) is 64.7 Å². The second-order valence-electron chi connectivity index (χ2n) is 10.9. The number of carbonyl (C=O) groups is 1. The Balaban J connectivity index is 1.39. The van der Waals surface area contributed by atoms with E-state index in [4.69, 9.17) is 4.74 Å². The molecule has 0 atom stereocenters. The Labute approximate surface area is 203 Å². The summed E-state index contributed by atoms with van der Waals surface area (Å²) in [6.07, 6.45) is 12.4. The number of unbranched alkanes of at least 4 members (excludes halogenated alkanes) is 3. The van der Waals surface area contributed by atoms with Crippen LogP contribution in [0.15, 0.2) is 42.5 Å². The molecule has 0 aromatic heterocycles. The lowest BCUT2D eigenvalue weighted by Gasteiger charge is -2.57. The molecule has 0 radical (unpaired) electrons. The molecular formula is C31H36O3. The zero-order chi connectivity index (χ0) is 23.5. The Hall–Kier alpha value is -2.73. The molecule has 2 aromatic rings. The number of hydrogen-bond acceptors (Lipinski definition) is 2. The molecule has 34 heavy (non-hydrogen) atoms. The summed E-state index contributed by atoms with van der Waals surface area (Å²) in [5.74, 6) is 8.97. The van der Waals surface area contributed by atoms with Gasteiger partial charge in [0.15, 0.2) is 0 Å². The topological polar surface area (TPSA) is 46.5 Å². The molecule has 0 aliphatic heterocycles. The van der Waals surface area contributed by atoms with Crippen molar-refractivity contribution < 1.29 is 14.6 Å². The van der Waals surface area contributed by atoms with E-state index >= 15 is 0 Å². The highest BCUT2D eigenvalue weighted by Crippen LogP contribution is 2.61. The Morgan fingerprint density at radius 1 is 0.941 bits per heavy atom. The van der Waals surface area contributed by atoms with Gasteiger partial charge in [0, 0.05) is 11.1 Å². The fourth-order valence-electron chi connectivity index (χ4n) is 7.24. The SMILES string of the molecule is CCCCCCOc1ccc(C#Cc2c(C(=O)O)cccc2C23CC4CC(CC(C4)C2)C3)cc1. The molecule has 3 heteroatoms. The molecule has 0 heterocycles. The van der Waals surface area contributed by atoms with Crippen LogP contribution in [0.1, 0.15) is 98.2 Å². The summed E-state index contributed by atoms with van der Waals surface area (Å²) in [7, 11) is 0. The van der Waals surface area contributed by atoms with E-state index in [1.807, 2.05) is 30.3 Å². The Kier molecular flexibility index (Phi) is 6.68. The van der Waals surface area contributed by atoms with Crippen LogP contribution < -0.4 is 4.74 Å². The Morgan fingerprint density at radius 2 is 1.62 bits per heavy atom. The molecule has 1 N–H and O–H groups in total. The van der Waals surface area contributed by atoms with Gasteiger partial charge in [-0.2, -0.15) is 0 Å². The molecule has 0 saturated heterocycles. The number of carboxylic acid groups (broad SMARTS) is 1. The first kappa shape index (κ1) is 23.0. The van der Waals surface area contributed by atoms with Gasteiger partial charge >= 0.3 is 5.97 Å². The van der Waals surface area contributed by atoms with Crippen molar-refractivity contribution in [1.29, 1.82) is 0 Å². The second kappa shape index (κ2) is 9.87. The molecule has 178 valence electrons. The molecule has 0 spiro atoms. The van der Waals surface area contributed by atoms with Crippen LogP contribution in [0.25, 0.3) is 0 Å². The van der Waals surface area contributed by atoms with Gasteiger partial charge in [-0.15, -0.1) is 0 Å². The molecule has 4 bridgehead atoms. The summed E-state index contributed by atoms with van der Waals surface area (Å²) in [5.41, 5.74) is 3.25. The highest BCUT2D eigenvalue weighted by atomic mass is 16.5. The first-order chi connectivity index (χ1) is 16.6. The minimum Gasteiger partial charge on any atom is -0.494 e. The van der Waals surface area contributed by atoms with Gasteiger partial charge in [-0.05, 0) is 104 Å². The minimum absolute atomic E-state index is 0.111. The third-order valence-electron chi connectivity index (χ3n) is 8.36. The van der Waals surface area contributed by atoms with Crippen molar-refractivity contribution in [1.82, 2.24) is 0 Å². The van der Waals surface area contributed by atoms with E-state index in [0.717, 1.165) is 47.7 Å². The van der Waals surface area contributed by atoms with Crippen LogP contribution in [-0.2, 0) is 5.41 Å². The van der Waals surface area contributed by atoms with E-state index in [-0.39, 0.29) is 5.41 Å². The van der Waals surface area contributed by atoms with Gasteiger partial charge in [-0.1, -0.05) is 50.2 Å². The zero-order valence-corrected chi connectivity index (χ0v) is 20.3. The number of aromatic carboxylic acids is 1. The average Bonchev–Trinajstić information content (AvgIpc) is 2.82. The van der Waals surface area contributed by atoms with Gasteiger partial charge < -0.3 is 9.84 Å². The smallest absolute Gasteiger partial charge is 0.336 e. The highest BCUT2D eigenvalue weighted by molar-refractivity contribution is 5.91. The van der Waals surface area contributed by atoms with Gasteiger partial charge in [0.05, 0.1) is 12.2 Å². The Morgan fingerprint density at radius 3 is 2.24 bits per heavy atom. The number of benzene rings is 2. The molecule has 0 amide bonds. The predicted octanol–water partition coefficient (Wildman–Crippen LogP) is 7.21. The van der Waals surface area contributed by atoms with Crippen LogP contribution in [-0.4, -0.2) is 17.7 Å². The van der Waals surface area contributed by atoms with E-state index in [1.165, 1.54) is 63.4 Å². The molecule has 4 aliphatic rings. The third kappa shape index (κ3) is 4.74. The lowest BCUT2D eigenvalue weighted by atomic mass is 9.47. The van der Waals surface area contributed by atoms with Crippen LogP contribution in [0.5, 0.6) is 5.75 Å². The quantitative estimate of drug-likeness (QED) is 0.337. The van der Waals surface area contributed by atoms with Crippen molar-refractivity contribution in [2.24, 2.45) is 17.8 Å². The van der Waals surface area contributed by atoms with Crippen molar-refractivity contribution in [3.63, 3.8) is 0 Å². The predicted molar refractivity (Wildman–Crippen MR) is 135 cm³/mol. The first-order valence-electron chi connectivity index (χ1n) is 13.2. The highest BCUT2D eigenvalue weighted by Gasteiger charge is 2.52. The number of ether oxygens (including phenoxy) is 1. The summed E-state index contributed by atoms with van der Waals surface area (Å²) in [6.45, 7) is 2.95. The molecule has 4 aliphatic carbocycles. The van der Waals surface area contributed by atoms with Crippen molar-refractivity contribution in [3.8, 4) is 17.6 Å². The zero-order valence-electron chi connectivity index (χ0n) is 20.3. The molecule has 6 rings (SSSR count). The summed E-state index contributed by atoms with van der Waals surface area (Å²) < 4.78 is 5.85. The van der Waals surface area contributed by atoms with Crippen molar-refractivity contribution >= 4 is 5.97 Å². The van der Waals surface area contributed by atoms with Crippen LogP contribution in [0.4, 0.5) is 0 Å². The third-order valence-corrected chi connectivity index (χ3v) is 8.36. The van der Waals surface area contributed by atoms with Crippen molar-refractivity contribution in [2.45, 2.75) is 76.5 Å². The van der Waals surface area contributed by atoms with Crippen LogP contribution >= 0.6 is 0 Å². The average molecular weight is 457 g/mol. The molecular weight excluding hydrogens is 420 g/mol. The van der Waals surface area contributed by atoms with Crippen LogP contribution in [0.2, 0.25) is 0 Å². The number of carboxylic acids is 1. The summed E-state index contributed by atoms with van der Waals surface area (Å²) in [6, 6.07) is 13.7. The summed E-state index contributed by atoms with van der Waals surface area (Å²) in [5, 5.41) is 9.96. The lowest BCUT2D eigenvalue weighted by Crippen LogP contribution is -2.49. The Bertz CT molecular complexity index is 1050. The van der Waals surface area contributed by atoms with Gasteiger partial charge in [0.1, 0.15) is 5.75 Å². The fourth-order valence-corrected chi connectivity index (χ4v) is 7.24. The molecule has 3 nitrogen and oxygen atoms in total. The molecule has 4 fully saturated rings. The van der Waals surface area contributed by atoms with E-state index in [2.05, 4.69) is 24.8 Å². The van der Waals surface area contributed by atoms with Crippen LogP contribution in [0.3, 0.4) is 0 Å². The molecule has 0 unspecified atom stereocenters.